The summed E-state index contributed by atoms with van der Waals surface area (Å²) in [5.41, 5.74) is 0. The average molecular weight is 312 g/mol. The smallest absolute Gasteiger partial charge is 0.357 e. The lowest BCUT2D eigenvalue weighted by molar-refractivity contribution is -0.198. The molecule has 0 spiro atoms. The van der Waals surface area contributed by atoms with E-state index in [9.17, 15) is 0 Å². The fourth-order valence-electron chi connectivity index (χ4n) is 1.17. The fourth-order valence-corrected chi connectivity index (χ4v) is 3.50. The van der Waals surface area contributed by atoms with Gasteiger partial charge in [-0.2, -0.15) is 0 Å². The van der Waals surface area contributed by atoms with Gasteiger partial charge in [-0.25, -0.2) is 0 Å². The van der Waals surface area contributed by atoms with E-state index < -0.39 is 27.9 Å². The van der Waals surface area contributed by atoms with Gasteiger partial charge in [-0.3, -0.25) is 0 Å². The van der Waals surface area contributed by atoms with Crippen LogP contribution >= 0.6 is 0 Å². The van der Waals surface area contributed by atoms with Crippen molar-refractivity contribution in [2.75, 3.05) is 27.9 Å². The van der Waals surface area contributed by atoms with Gasteiger partial charge in [0.2, 0.25) is 0 Å². The molecular weight excluding hydrogens is 284 g/mol. The van der Waals surface area contributed by atoms with Crippen LogP contribution < -0.4 is 0 Å². The van der Waals surface area contributed by atoms with Crippen LogP contribution in [-0.4, -0.2) is 55.9 Å². The molecule has 3 atom stereocenters. The maximum atomic E-state index is 5.73. The van der Waals surface area contributed by atoms with E-state index in [1.165, 1.54) is 21.3 Å². The van der Waals surface area contributed by atoms with Gasteiger partial charge in [0.15, 0.2) is 18.9 Å². The Morgan fingerprint density at radius 2 is 1.10 bits per heavy atom. The Labute approximate surface area is 122 Å². The van der Waals surface area contributed by atoms with Gasteiger partial charge in [-0.15, -0.1) is 0 Å². The summed E-state index contributed by atoms with van der Waals surface area (Å²) in [5.74, 6) is 0. The summed E-state index contributed by atoms with van der Waals surface area (Å²) in [6, 6.07) is 0. The third-order valence-corrected chi connectivity index (χ3v) is 4.83. The van der Waals surface area contributed by atoms with Crippen LogP contribution in [0.5, 0.6) is 0 Å². The van der Waals surface area contributed by atoms with Crippen LogP contribution in [0, 0.1) is 0 Å². The molecule has 0 saturated heterocycles. The molecule has 0 aliphatic rings. The van der Waals surface area contributed by atoms with E-state index >= 15 is 0 Å². The highest BCUT2D eigenvalue weighted by atomic mass is 28.4. The molecule has 0 aliphatic carbocycles. The Bertz CT molecular complexity index is 211. The third kappa shape index (κ3) is 7.65. The molecule has 0 aromatic carbocycles. The fraction of sp³-hybridized carbons (Fsp3) is 1.00. The van der Waals surface area contributed by atoms with Gasteiger partial charge in [0.25, 0.3) is 0 Å². The van der Waals surface area contributed by atoms with Crippen LogP contribution in [0.2, 0.25) is 0 Å². The van der Waals surface area contributed by atoms with Crippen LogP contribution in [0.3, 0.4) is 0 Å². The van der Waals surface area contributed by atoms with Gasteiger partial charge < -0.3 is 31.9 Å². The second kappa shape index (κ2) is 10.6. The van der Waals surface area contributed by atoms with Gasteiger partial charge in [-0.1, -0.05) is 6.92 Å². The monoisotopic (exact) mass is 312 g/mol. The molecule has 0 aromatic heterocycles. The van der Waals surface area contributed by atoms with Gasteiger partial charge >= 0.3 is 9.05 Å². The molecule has 8 heteroatoms. The number of hydrogen-bond acceptors (Lipinski definition) is 7. The molecule has 0 heterocycles. The Balaban J connectivity index is 5.03. The minimum atomic E-state index is -3.44. The van der Waals surface area contributed by atoms with E-state index in [0.29, 0.717) is 6.61 Å². The molecule has 0 N–H and O–H groups in total. The second-order valence-electron chi connectivity index (χ2n) is 4.11. The number of methoxy groups -OCH3 is 3. The van der Waals surface area contributed by atoms with Crippen molar-refractivity contribution in [3.63, 3.8) is 0 Å². The van der Waals surface area contributed by atoms with Crippen molar-refractivity contribution < 1.29 is 31.9 Å². The predicted octanol–water partition coefficient (Wildman–Crippen LogP) is 1.88. The zero-order valence-electron chi connectivity index (χ0n) is 13.5. The Morgan fingerprint density at radius 3 is 1.35 bits per heavy atom. The average Bonchev–Trinajstić information content (AvgIpc) is 2.44. The summed E-state index contributed by atoms with van der Waals surface area (Å²) in [6.07, 6.45) is -0.806. The second-order valence-corrected chi connectivity index (χ2v) is 6.11. The lowest BCUT2D eigenvalue weighted by atomic mass is 10.5. The Hall–Kier alpha value is -0.0631. The Kier molecular flexibility index (Phi) is 10.6. The van der Waals surface area contributed by atoms with E-state index in [2.05, 4.69) is 0 Å². The van der Waals surface area contributed by atoms with Gasteiger partial charge in [0.1, 0.15) is 0 Å². The third-order valence-electron chi connectivity index (χ3n) is 2.41. The van der Waals surface area contributed by atoms with E-state index in [4.69, 9.17) is 31.9 Å². The lowest BCUT2D eigenvalue weighted by Crippen LogP contribution is -2.55. The highest BCUT2D eigenvalue weighted by Crippen LogP contribution is 2.20. The molecule has 0 saturated carbocycles. The molecular formula is C12H28O7Si. The predicted molar refractivity (Wildman–Crippen MR) is 74.7 cm³/mol. The van der Waals surface area contributed by atoms with Crippen LogP contribution in [0.4, 0.5) is 0 Å². The largest absolute Gasteiger partial charge is 0.685 e. The maximum Gasteiger partial charge on any atom is 0.685 e. The normalized spacial score (nSPS) is 19.4. The van der Waals surface area contributed by atoms with Gasteiger partial charge in [0.05, 0.1) is 0 Å². The van der Waals surface area contributed by atoms with Gasteiger partial charge in [0, 0.05) is 27.9 Å². The minimum Gasteiger partial charge on any atom is -0.357 e. The van der Waals surface area contributed by atoms with Gasteiger partial charge in [-0.05, 0) is 27.2 Å². The zero-order valence-corrected chi connectivity index (χ0v) is 14.5. The molecule has 0 fully saturated rings. The standard InChI is InChI=1S/C12H28O7Si/c1-8-9-16-20(17-10(2)13-5,18-11(3)14-6)19-12(4)15-7/h10-12H,8-9H2,1-7H3. The molecule has 0 amide bonds. The number of rotatable bonds is 12. The summed E-state index contributed by atoms with van der Waals surface area (Å²) in [4.78, 5) is 0. The molecule has 7 nitrogen and oxygen atoms in total. The van der Waals surface area contributed by atoms with Crippen molar-refractivity contribution >= 4 is 9.05 Å². The Morgan fingerprint density at radius 1 is 0.750 bits per heavy atom. The van der Waals surface area contributed by atoms with Crippen molar-refractivity contribution in [1.29, 1.82) is 0 Å². The molecule has 20 heavy (non-hydrogen) atoms. The molecule has 0 radical (unpaired) electrons. The summed E-state index contributed by atoms with van der Waals surface area (Å²) >= 11 is 0. The first-order valence-corrected chi connectivity index (χ1v) is 8.32. The SMILES string of the molecule is CCCO[Si](OC(C)OC)(OC(C)OC)OC(C)OC. The number of hydrogen-bond donors (Lipinski definition) is 0. The molecule has 122 valence electrons. The maximum absolute atomic E-state index is 5.73. The molecule has 0 rings (SSSR count). The highest BCUT2D eigenvalue weighted by Gasteiger charge is 2.50. The van der Waals surface area contributed by atoms with Crippen LogP contribution in [0.25, 0.3) is 0 Å². The first kappa shape index (κ1) is 19.9. The van der Waals surface area contributed by atoms with Crippen molar-refractivity contribution in [2.45, 2.75) is 53.0 Å². The first-order valence-electron chi connectivity index (χ1n) is 6.68. The van der Waals surface area contributed by atoms with E-state index in [-0.39, 0.29) is 0 Å². The van der Waals surface area contributed by atoms with Crippen molar-refractivity contribution in [3.8, 4) is 0 Å². The lowest BCUT2D eigenvalue weighted by Gasteiger charge is -2.33. The first-order chi connectivity index (χ1) is 9.42. The molecule has 3 unspecified atom stereocenters. The van der Waals surface area contributed by atoms with E-state index in [1.54, 1.807) is 20.8 Å². The van der Waals surface area contributed by atoms with Crippen molar-refractivity contribution in [2.24, 2.45) is 0 Å². The highest BCUT2D eigenvalue weighted by molar-refractivity contribution is 6.53. The zero-order chi connectivity index (χ0) is 15.6. The van der Waals surface area contributed by atoms with Crippen molar-refractivity contribution in [3.05, 3.63) is 0 Å². The summed E-state index contributed by atoms with van der Waals surface area (Å²) in [6.45, 7) is 7.63. The van der Waals surface area contributed by atoms with Crippen LogP contribution in [0.1, 0.15) is 34.1 Å². The van der Waals surface area contributed by atoms with Crippen LogP contribution in [0.15, 0.2) is 0 Å². The molecule has 0 aliphatic heterocycles. The number of ether oxygens (including phenoxy) is 3. The minimum absolute atomic E-state index is 0.440. The van der Waals surface area contributed by atoms with E-state index in [0.717, 1.165) is 6.42 Å². The topological polar surface area (TPSA) is 64.6 Å². The summed E-state index contributed by atoms with van der Waals surface area (Å²) in [7, 11) is 1.15. The quantitative estimate of drug-likeness (QED) is 0.402. The van der Waals surface area contributed by atoms with Crippen molar-refractivity contribution in [1.82, 2.24) is 0 Å². The molecule has 0 bridgehead atoms. The molecule has 0 aromatic rings. The summed E-state index contributed by atoms with van der Waals surface area (Å²) in [5, 5.41) is 0. The van der Waals surface area contributed by atoms with Crippen LogP contribution in [-0.2, 0) is 31.9 Å². The van der Waals surface area contributed by atoms with E-state index in [1.807, 2.05) is 6.92 Å². The summed E-state index contributed by atoms with van der Waals surface area (Å²) < 4.78 is 38.2.